The fraction of sp³-hybridized carbons (Fsp3) is 1.00. The molecule has 1 aliphatic heterocycles. The molecule has 1 heterocycles. The number of rotatable bonds is 0. The number of nitrogens with zero attached hydrogens (tertiary/aromatic N) is 1. The maximum Gasteiger partial charge on any atom is 0.275 e. The average Bonchev–Trinajstić information content (AvgIpc) is 1.27. The van der Waals surface area contributed by atoms with Gasteiger partial charge < -0.3 is 0 Å². The van der Waals surface area contributed by atoms with Gasteiger partial charge in [0.1, 0.15) is 0 Å². The standard InChI is InChI=1S/C3H6F2N2/c4-3(5)1-7(6)2-3/h1-2,6H2. The fourth-order valence-corrected chi connectivity index (χ4v) is 0.548. The van der Waals surface area contributed by atoms with E-state index >= 15 is 0 Å². The molecule has 1 aliphatic rings. The number of hydrazine groups is 1. The summed E-state index contributed by atoms with van der Waals surface area (Å²) >= 11 is 0. The molecule has 7 heavy (non-hydrogen) atoms. The lowest BCUT2D eigenvalue weighted by Crippen LogP contribution is -2.59. The fourth-order valence-electron chi connectivity index (χ4n) is 0.548. The van der Waals surface area contributed by atoms with Crippen molar-refractivity contribution in [3.05, 3.63) is 0 Å². The van der Waals surface area contributed by atoms with E-state index in [4.69, 9.17) is 5.84 Å². The van der Waals surface area contributed by atoms with Gasteiger partial charge in [0.15, 0.2) is 0 Å². The van der Waals surface area contributed by atoms with E-state index in [9.17, 15) is 8.78 Å². The maximum absolute atomic E-state index is 11.7. The largest absolute Gasteiger partial charge is 0.275 e. The summed E-state index contributed by atoms with van der Waals surface area (Å²) in [4.78, 5) is 0. The predicted molar refractivity (Wildman–Crippen MR) is 20.7 cm³/mol. The van der Waals surface area contributed by atoms with Crippen molar-refractivity contribution in [1.82, 2.24) is 5.01 Å². The lowest BCUT2D eigenvalue weighted by atomic mass is 10.2. The van der Waals surface area contributed by atoms with Gasteiger partial charge >= 0.3 is 0 Å². The first-order valence-corrected chi connectivity index (χ1v) is 1.98. The summed E-state index contributed by atoms with van der Waals surface area (Å²) < 4.78 is 23.3. The molecule has 0 saturated carbocycles. The van der Waals surface area contributed by atoms with Gasteiger partial charge in [0, 0.05) is 0 Å². The molecule has 0 amide bonds. The van der Waals surface area contributed by atoms with Crippen molar-refractivity contribution in [3.8, 4) is 0 Å². The second-order valence-corrected chi connectivity index (χ2v) is 1.76. The van der Waals surface area contributed by atoms with Crippen molar-refractivity contribution in [2.75, 3.05) is 13.1 Å². The lowest BCUT2D eigenvalue weighted by molar-refractivity contribution is -0.131. The summed E-state index contributed by atoms with van der Waals surface area (Å²) in [5, 5.41) is 1.08. The molecule has 0 bridgehead atoms. The van der Waals surface area contributed by atoms with Crippen LogP contribution in [0.4, 0.5) is 8.78 Å². The van der Waals surface area contributed by atoms with Crippen LogP contribution in [0.1, 0.15) is 0 Å². The molecule has 0 aromatic rings. The average molecular weight is 108 g/mol. The summed E-state index contributed by atoms with van der Waals surface area (Å²) in [5.41, 5.74) is 0. The highest BCUT2D eigenvalue weighted by atomic mass is 19.3. The van der Waals surface area contributed by atoms with Gasteiger partial charge in [0.25, 0.3) is 5.92 Å². The van der Waals surface area contributed by atoms with Crippen molar-refractivity contribution >= 4 is 0 Å². The zero-order valence-electron chi connectivity index (χ0n) is 3.69. The Labute approximate surface area is 39.9 Å². The van der Waals surface area contributed by atoms with Crippen LogP contribution in [0.2, 0.25) is 0 Å². The zero-order valence-corrected chi connectivity index (χ0v) is 3.69. The first kappa shape index (κ1) is 4.93. The van der Waals surface area contributed by atoms with Gasteiger partial charge in [-0.15, -0.1) is 0 Å². The van der Waals surface area contributed by atoms with Crippen molar-refractivity contribution in [1.29, 1.82) is 0 Å². The van der Waals surface area contributed by atoms with Crippen LogP contribution >= 0.6 is 0 Å². The smallest absolute Gasteiger partial charge is 0.268 e. The maximum atomic E-state index is 11.7. The molecule has 0 unspecified atom stereocenters. The molecule has 1 fully saturated rings. The Morgan fingerprint density at radius 2 is 1.86 bits per heavy atom. The normalized spacial score (nSPS) is 29.6. The summed E-state index contributed by atoms with van der Waals surface area (Å²) in [6.07, 6.45) is 0. The topological polar surface area (TPSA) is 29.3 Å². The minimum atomic E-state index is -2.51. The summed E-state index contributed by atoms with van der Waals surface area (Å²) in [5.74, 6) is 2.40. The molecule has 2 N–H and O–H groups in total. The second-order valence-electron chi connectivity index (χ2n) is 1.76. The Bertz CT molecular complexity index is 75.0. The van der Waals surface area contributed by atoms with E-state index in [1.54, 1.807) is 0 Å². The highest BCUT2D eigenvalue weighted by Crippen LogP contribution is 2.22. The first-order chi connectivity index (χ1) is 3.10. The lowest BCUT2D eigenvalue weighted by Gasteiger charge is -2.34. The van der Waals surface area contributed by atoms with Crippen molar-refractivity contribution in [3.63, 3.8) is 0 Å². The van der Waals surface area contributed by atoms with E-state index in [2.05, 4.69) is 0 Å². The van der Waals surface area contributed by atoms with Crippen LogP contribution in [0.15, 0.2) is 0 Å². The molecule has 2 nitrogen and oxygen atoms in total. The van der Waals surface area contributed by atoms with E-state index in [0.29, 0.717) is 0 Å². The Hall–Kier alpha value is -0.220. The van der Waals surface area contributed by atoms with Gasteiger partial charge in [-0.3, -0.25) is 5.84 Å². The Morgan fingerprint density at radius 1 is 1.43 bits per heavy atom. The Balaban J connectivity index is 2.29. The second kappa shape index (κ2) is 1.14. The van der Waals surface area contributed by atoms with Crippen LogP contribution in [0.3, 0.4) is 0 Å². The van der Waals surface area contributed by atoms with E-state index in [1.807, 2.05) is 0 Å². The molecule has 1 saturated heterocycles. The van der Waals surface area contributed by atoms with Gasteiger partial charge in [0.05, 0.1) is 13.1 Å². The third-order valence-corrected chi connectivity index (χ3v) is 0.869. The zero-order chi connectivity index (χ0) is 5.49. The number of hydrogen-bond donors (Lipinski definition) is 1. The summed E-state index contributed by atoms with van der Waals surface area (Å²) in [6, 6.07) is 0. The van der Waals surface area contributed by atoms with E-state index in [1.165, 1.54) is 0 Å². The molecule has 0 spiro atoms. The highest BCUT2D eigenvalue weighted by Gasteiger charge is 2.42. The molecule has 4 heteroatoms. The molecule has 0 radical (unpaired) electrons. The first-order valence-electron chi connectivity index (χ1n) is 1.98. The number of hydrogen-bond acceptors (Lipinski definition) is 2. The third-order valence-electron chi connectivity index (χ3n) is 0.869. The minimum Gasteiger partial charge on any atom is -0.268 e. The van der Waals surface area contributed by atoms with Crippen molar-refractivity contribution in [2.24, 2.45) is 5.84 Å². The summed E-state index contributed by atoms with van der Waals surface area (Å²) in [7, 11) is 0. The van der Waals surface area contributed by atoms with Crippen molar-refractivity contribution in [2.45, 2.75) is 5.92 Å². The van der Waals surface area contributed by atoms with Gasteiger partial charge in [-0.1, -0.05) is 0 Å². The Morgan fingerprint density at radius 3 is 1.86 bits per heavy atom. The molecule has 0 aromatic heterocycles. The third kappa shape index (κ3) is 0.863. The quantitative estimate of drug-likeness (QED) is 0.436. The number of alkyl halides is 2. The molecular formula is C3H6F2N2. The molecule has 1 rings (SSSR count). The predicted octanol–water partition coefficient (Wildman–Crippen LogP) is -0.189. The van der Waals surface area contributed by atoms with Crippen LogP contribution in [-0.4, -0.2) is 24.0 Å². The van der Waals surface area contributed by atoms with E-state index in [0.717, 1.165) is 5.01 Å². The van der Waals surface area contributed by atoms with Crippen molar-refractivity contribution < 1.29 is 8.78 Å². The molecule has 0 atom stereocenters. The Kier molecular flexibility index (Phi) is 0.800. The molecule has 42 valence electrons. The highest BCUT2D eigenvalue weighted by molar-refractivity contribution is 4.82. The molecule has 0 aromatic carbocycles. The van der Waals surface area contributed by atoms with Crippen LogP contribution in [-0.2, 0) is 0 Å². The van der Waals surface area contributed by atoms with E-state index < -0.39 is 5.92 Å². The number of nitrogens with two attached hydrogens (primary N) is 1. The van der Waals surface area contributed by atoms with Crippen LogP contribution < -0.4 is 5.84 Å². The van der Waals surface area contributed by atoms with Crippen LogP contribution in [0, 0.1) is 0 Å². The SMILES string of the molecule is NN1CC(F)(F)C1. The molecule has 0 aliphatic carbocycles. The minimum absolute atomic E-state index is 0.285. The van der Waals surface area contributed by atoms with Crippen LogP contribution in [0.25, 0.3) is 0 Å². The van der Waals surface area contributed by atoms with Gasteiger partial charge in [0.2, 0.25) is 0 Å². The number of halogens is 2. The van der Waals surface area contributed by atoms with E-state index in [-0.39, 0.29) is 13.1 Å². The van der Waals surface area contributed by atoms with Gasteiger partial charge in [-0.05, 0) is 0 Å². The van der Waals surface area contributed by atoms with Gasteiger partial charge in [-0.2, -0.15) is 0 Å². The summed E-state index contributed by atoms with van der Waals surface area (Å²) in [6.45, 7) is -0.569. The molecular weight excluding hydrogens is 102 g/mol. The monoisotopic (exact) mass is 108 g/mol. The van der Waals surface area contributed by atoms with Crippen LogP contribution in [0.5, 0.6) is 0 Å². The van der Waals surface area contributed by atoms with Gasteiger partial charge in [-0.25, -0.2) is 13.8 Å².